The van der Waals surface area contributed by atoms with Crippen molar-refractivity contribution < 1.29 is 4.79 Å². The van der Waals surface area contributed by atoms with E-state index in [0.717, 1.165) is 40.8 Å². The number of halogens is 1. The monoisotopic (exact) mass is 534 g/mol. The normalized spacial score (nSPS) is 13.4. The summed E-state index contributed by atoms with van der Waals surface area (Å²) in [5, 5.41) is 5.81. The maximum atomic E-state index is 13.7. The number of benzene rings is 2. The largest absolute Gasteiger partial charge is 0.272 e. The highest BCUT2D eigenvalue weighted by Gasteiger charge is 2.24. The van der Waals surface area contributed by atoms with Crippen LogP contribution in [0.1, 0.15) is 29.3 Å². The highest BCUT2D eigenvalue weighted by Crippen LogP contribution is 2.36. The van der Waals surface area contributed by atoms with Crippen molar-refractivity contribution in [3.8, 4) is 5.69 Å². The third-order valence-electron chi connectivity index (χ3n) is 5.78. The smallest absolute Gasteiger partial charge is 0.267 e. The highest BCUT2D eigenvalue weighted by molar-refractivity contribution is 7.99. The number of hydrogen-bond donors (Lipinski definition) is 1. The van der Waals surface area contributed by atoms with Gasteiger partial charge in [0.05, 0.1) is 23.0 Å². The molecule has 2 aromatic heterocycles. The molecule has 0 radical (unpaired) electrons. The second-order valence-electron chi connectivity index (χ2n) is 8.43. The lowest BCUT2D eigenvalue weighted by Crippen LogP contribution is -2.24. The van der Waals surface area contributed by atoms with Crippen LogP contribution in [-0.4, -0.2) is 27.4 Å². The van der Waals surface area contributed by atoms with E-state index in [4.69, 9.17) is 16.6 Å². The Morgan fingerprint density at radius 3 is 2.75 bits per heavy atom. The van der Waals surface area contributed by atoms with Gasteiger partial charge < -0.3 is 0 Å². The zero-order valence-corrected chi connectivity index (χ0v) is 21.9. The predicted octanol–water partition coefficient (Wildman–Crippen LogP) is 5.89. The third-order valence-corrected chi connectivity index (χ3v) is 8.15. The van der Waals surface area contributed by atoms with E-state index >= 15 is 0 Å². The van der Waals surface area contributed by atoms with Crippen molar-refractivity contribution in [3.05, 3.63) is 91.6 Å². The number of allylic oxidation sites excluding steroid dienone is 1. The van der Waals surface area contributed by atoms with Crippen molar-refractivity contribution in [2.75, 3.05) is 5.75 Å². The number of thioether (sulfide) groups is 1. The summed E-state index contributed by atoms with van der Waals surface area (Å²) in [6.07, 6.45) is 6.54. The average Bonchev–Trinajstić information content (AvgIpc) is 3.45. The molecule has 182 valence electrons. The number of nitrogens with one attached hydrogen (secondary N) is 1. The number of hydrazone groups is 1. The van der Waals surface area contributed by atoms with E-state index in [2.05, 4.69) is 10.5 Å². The Hall–Kier alpha value is -3.20. The van der Waals surface area contributed by atoms with Crippen LogP contribution in [0.4, 0.5) is 0 Å². The van der Waals surface area contributed by atoms with E-state index in [1.54, 1.807) is 46.4 Å². The summed E-state index contributed by atoms with van der Waals surface area (Å²) in [4.78, 5) is 33.0. The topological polar surface area (TPSA) is 76.3 Å². The Morgan fingerprint density at radius 1 is 1.19 bits per heavy atom. The van der Waals surface area contributed by atoms with Gasteiger partial charge in [0.25, 0.3) is 11.5 Å². The Balaban J connectivity index is 1.36. The molecule has 0 spiro atoms. The fourth-order valence-corrected chi connectivity index (χ4v) is 6.39. The Morgan fingerprint density at radius 2 is 1.97 bits per heavy atom. The molecule has 0 fully saturated rings. The zero-order valence-electron chi connectivity index (χ0n) is 19.5. The van der Waals surface area contributed by atoms with Gasteiger partial charge in [0.1, 0.15) is 4.83 Å². The van der Waals surface area contributed by atoms with E-state index in [9.17, 15) is 9.59 Å². The molecule has 0 atom stereocenters. The summed E-state index contributed by atoms with van der Waals surface area (Å²) >= 11 is 8.87. The first kappa shape index (κ1) is 24.5. The lowest BCUT2D eigenvalue weighted by Gasteiger charge is -2.12. The number of aryl methyl sites for hydroxylation is 2. The molecule has 1 aliphatic carbocycles. The van der Waals surface area contributed by atoms with Crippen LogP contribution in [0.15, 0.2) is 75.2 Å². The van der Waals surface area contributed by atoms with Crippen molar-refractivity contribution >= 4 is 63.1 Å². The van der Waals surface area contributed by atoms with E-state index < -0.39 is 0 Å². The van der Waals surface area contributed by atoms with Gasteiger partial charge in [0, 0.05) is 9.90 Å². The summed E-state index contributed by atoms with van der Waals surface area (Å²) in [6.45, 7) is 1.92. The van der Waals surface area contributed by atoms with Crippen molar-refractivity contribution in [3.63, 3.8) is 0 Å². The van der Waals surface area contributed by atoms with Gasteiger partial charge in [0.2, 0.25) is 0 Å². The quantitative estimate of drug-likeness (QED) is 0.139. The van der Waals surface area contributed by atoms with Gasteiger partial charge in [-0.3, -0.25) is 14.2 Å². The molecule has 2 heterocycles. The molecular weight excluding hydrogens is 512 g/mol. The highest BCUT2D eigenvalue weighted by atomic mass is 35.5. The van der Waals surface area contributed by atoms with E-state index in [-0.39, 0.29) is 17.2 Å². The first-order valence-electron chi connectivity index (χ1n) is 11.5. The first-order valence-corrected chi connectivity index (χ1v) is 13.7. The standard InChI is InChI=1S/C27H23ClN4O2S2/c1-17(14-18-6-3-2-4-7-18)15-29-31-23(33)16-35-27-30-25-24(21-8-5-9-22(21)36-25)26(34)32(27)20-12-10-19(28)11-13-20/h2-4,6-7,10-15H,5,8-9,16H2,1H3,(H,31,33). The molecular formula is C27H23ClN4O2S2. The fourth-order valence-electron chi connectivity index (χ4n) is 4.16. The van der Waals surface area contributed by atoms with Crippen molar-refractivity contribution in [2.24, 2.45) is 5.10 Å². The molecule has 2 aromatic carbocycles. The zero-order chi connectivity index (χ0) is 25.1. The Kier molecular flexibility index (Phi) is 7.36. The maximum absolute atomic E-state index is 13.7. The van der Waals surface area contributed by atoms with Crippen LogP contribution in [0.5, 0.6) is 0 Å². The number of fused-ring (bicyclic) bond motifs is 3. The molecule has 0 unspecified atom stereocenters. The number of carbonyl (C=O) groups is 1. The number of carbonyl (C=O) groups excluding carboxylic acids is 1. The van der Waals surface area contributed by atoms with Crippen molar-refractivity contribution in [2.45, 2.75) is 31.3 Å². The van der Waals surface area contributed by atoms with Crippen LogP contribution in [-0.2, 0) is 17.6 Å². The summed E-state index contributed by atoms with van der Waals surface area (Å²) < 4.78 is 1.58. The minimum absolute atomic E-state index is 0.0649. The second kappa shape index (κ2) is 10.8. The number of rotatable bonds is 7. The summed E-state index contributed by atoms with van der Waals surface area (Å²) in [6, 6.07) is 17.0. The molecule has 6 nitrogen and oxygen atoms in total. The molecule has 5 rings (SSSR count). The van der Waals surface area contributed by atoms with Crippen LogP contribution in [0.3, 0.4) is 0 Å². The summed E-state index contributed by atoms with van der Waals surface area (Å²) in [5.41, 5.74) is 6.21. The summed E-state index contributed by atoms with van der Waals surface area (Å²) in [7, 11) is 0. The van der Waals surface area contributed by atoms with Crippen LogP contribution in [0, 0.1) is 0 Å². The third kappa shape index (κ3) is 5.31. The lowest BCUT2D eigenvalue weighted by atomic mass is 10.1. The molecule has 36 heavy (non-hydrogen) atoms. The van der Waals surface area contributed by atoms with E-state index in [1.807, 2.05) is 43.3 Å². The van der Waals surface area contributed by atoms with E-state index in [0.29, 0.717) is 21.3 Å². The Bertz CT molecular complexity index is 1540. The average molecular weight is 535 g/mol. The van der Waals surface area contributed by atoms with Crippen molar-refractivity contribution in [1.29, 1.82) is 0 Å². The molecule has 1 aliphatic rings. The van der Waals surface area contributed by atoms with Gasteiger partial charge in [-0.1, -0.05) is 59.8 Å². The SMILES string of the molecule is CC(C=NNC(=O)CSc1nc2sc3c(c2c(=O)n1-c1ccc(Cl)cc1)CCC3)=Cc1ccccc1. The first-order chi connectivity index (χ1) is 17.5. The number of aromatic nitrogens is 2. The molecule has 4 aromatic rings. The van der Waals surface area contributed by atoms with Gasteiger partial charge in [-0.25, -0.2) is 10.4 Å². The fraction of sp³-hybridized carbons (Fsp3) is 0.185. The van der Waals surface area contributed by atoms with Crippen LogP contribution in [0.25, 0.3) is 22.0 Å². The number of hydrogen-bond acceptors (Lipinski definition) is 6. The van der Waals surface area contributed by atoms with Crippen LogP contribution >= 0.6 is 34.7 Å². The number of thiophene rings is 1. The van der Waals surface area contributed by atoms with Gasteiger partial charge in [-0.15, -0.1) is 11.3 Å². The van der Waals surface area contributed by atoms with Gasteiger partial charge >= 0.3 is 0 Å². The van der Waals surface area contributed by atoms with E-state index in [1.165, 1.54) is 16.6 Å². The molecule has 0 bridgehead atoms. The number of amides is 1. The molecule has 9 heteroatoms. The second-order valence-corrected chi connectivity index (χ2v) is 10.9. The van der Waals surface area contributed by atoms with Crippen LogP contribution < -0.4 is 11.0 Å². The Labute approximate surface area is 221 Å². The van der Waals surface area contributed by atoms with Gasteiger partial charge in [-0.2, -0.15) is 5.10 Å². The molecule has 0 saturated carbocycles. The van der Waals surface area contributed by atoms with Crippen molar-refractivity contribution in [1.82, 2.24) is 15.0 Å². The molecule has 1 N–H and O–H groups in total. The van der Waals surface area contributed by atoms with Gasteiger partial charge in [0.15, 0.2) is 5.16 Å². The minimum atomic E-state index is -0.283. The predicted molar refractivity (Wildman–Crippen MR) is 150 cm³/mol. The maximum Gasteiger partial charge on any atom is 0.267 e. The minimum Gasteiger partial charge on any atom is -0.272 e. The van der Waals surface area contributed by atoms with Gasteiger partial charge in [-0.05, 0) is 67.2 Å². The molecule has 1 amide bonds. The lowest BCUT2D eigenvalue weighted by molar-refractivity contribution is -0.118. The number of nitrogens with zero attached hydrogens (tertiary/aromatic N) is 3. The van der Waals surface area contributed by atoms with Crippen LogP contribution in [0.2, 0.25) is 5.02 Å². The molecule has 0 saturated heterocycles. The summed E-state index contributed by atoms with van der Waals surface area (Å²) in [5.74, 6) is -0.218. The molecule has 0 aliphatic heterocycles.